The van der Waals surface area contributed by atoms with Gasteiger partial charge in [0.25, 0.3) is 5.91 Å². The van der Waals surface area contributed by atoms with Gasteiger partial charge in [-0.05, 0) is 39.7 Å². The van der Waals surface area contributed by atoms with Crippen LogP contribution in [0.15, 0.2) is 62.3 Å². The number of carbonyl (C=O) groups is 2. The van der Waals surface area contributed by atoms with Crippen LogP contribution in [0.4, 0.5) is 11.4 Å². The molecule has 0 saturated carbocycles. The molecule has 6 heterocycles. The van der Waals surface area contributed by atoms with Gasteiger partial charge in [-0.2, -0.15) is 0 Å². The minimum absolute atomic E-state index is 0.0189. The number of benzene rings is 3. The largest absolute Gasteiger partial charge is 0.507 e. The number of hydrogen-bond acceptors (Lipinski definition) is 16. The van der Waals surface area contributed by atoms with E-state index in [0.717, 1.165) is 19.6 Å². The molecule has 4 aromatic rings. The number of aliphatic hydroxyl groups is 1. The molecule has 7 bridgehead atoms. The normalized spacial score (nSPS) is 28.6. The molecular weight excluding hydrogens is 913 g/mol. The Morgan fingerprint density at radius 1 is 0.930 bits per heavy atom. The third kappa shape index (κ3) is 9.61. The van der Waals surface area contributed by atoms with Gasteiger partial charge in [-0.25, -0.2) is 4.98 Å². The van der Waals surface area contributed by atoms with Gasteiger partial charge in [-0.3, -0.25) is 24.1 Å². The maximum atomic E-state index is 15.0. The van der Waals surface area contributed by atoms with E-state index in [1.165, 1.54) is 40.2 Å². The first-order valence-corrected chi connectivity index (χ1v) is 24.6. The van der Waals surface area contributed by atoms with Crippen molar-refractivity contribution in [3.8, 4) is 11.5 Å². The number of nitrogens with one attached hydrogen (secondary N) is 1. The third-order valence-electron chi connectivity index (χ3n) is 14.5. The van der Waals surface area contributed by atoms with Crippen LogP contribution in [0.5, 0.6) is 11.5 Å². The molecule has 5 aliphatic rings. The zero-order valence-corrected chi connectivity index (χ0v) is 43.0. The van der Waals surface area contributed by atoms with Crippen LogP contribution >= 0.6 is 0 Å². The summed E-state index contributed by atoms with van der Waals surface area (Å²) in [6.45, 7) is 25.8. The summed E-state index contributed by atoms with van der Waals surface area (Å²) in [6.07, 6.45) is 5.98. The number of piperazine rings is 1. The highest BCUT2D eigenvalue weighted by atomic mass is 16.7. The Hall–Kier alpha value is -6.01. The van der Waals surface area contributed by atoms with Crippen molar-refractivity contribution in [1.82, 2.24) is 9.88 Å². The number of anilines is 2. The number of fused-ring (bicyclic) bond motifs is 10. The van der Waals surface area contributed by atoms with Crippen molar-refractivity contribution in [2.75, 3.05) is 50.1 Å². The first-order chi connectivity index (χ1) is 33.4. The van der Waals surface area contributed by atoms with Crippen molar-refractivity contribution in [3.05, 3.63) is 79.5 Å². The zero-order chi connectivity index (χ0) is 51.6. The lowest BCUT2D eigenvalue weighted by molar-refractivity contribution is -0.336. The summed E-state index contributed by atoms with van der Waals surface area (Å²) in [7, 11) is 1.52. The van der Waals surface area contributed by atoms with Crippen LogP contribution in [-0.2, 0) is 33.3 Å². The average Bonchev–Trinajstić information content (AvgIpc) is 3.57. The number of ether oxygens (including phenoxy) is 6. The quantitative estimate of drug-likeness (QED) is 0.103. The van der Waals surface area contributed by atoms with E-state index < -0.39 is 70.0 Å². The molecule has 1 amide bonds. The number of allylic oxidation sites excluding steroid dienone is 2. The number of aromatic hydroxyl groups is 1. The van der Waals surface area contributed by atoms with Crippen molar-refractivity contribution in [2.24, 2.45) is 29.6 Å². The number of rotatable bonds is 5. The number of carbonyl (C=O) groups excluding carboxylic acids is 2. The van der Waals surface area contributed by atoms with Gasteiger partial charge in [0.2, 0.25) is 10.9 Å². The number of nitrogens with zero attached hydrogens (tertiary/aromatic N) is 3. The van der Waals surface area contributed by atoms with Gasteiger partial charge in [0.15, 0.2) is 28.2 Å². The molecule has 3 aromatic carbocycles. The maximum Gasteiger partial charge on any atom is 0.307 e. The number of phenolic OH excluding ortho intramolecular Hbond substituents is 1. The number of esters is 1. The Kier molecular flexibility index (Phi) is 14.1. The predicted molar refractivity (Wildman–Crippen MR) is 270 cm³/mol. The molecule has 0 aliphatic carbocycles. The number of aromatic nitrogens is 1. The van der Waals surface area contributed by atoms with Gasteiger partial charge in [0.1, 0.15) is 28.8 Å². The van der Waals surface area contributed by atoms with Crippen LogP contribution in [0.3, 0.4) is 0 Å². The van der Waals surface area contributed by atoms with E-state index >= 15 is 4.79 Å². The van der Waals surface area contributed by atoms with Crippen molar-refractivity contribution >= 4 is 62.0 Å². The predicted octanol–water partition coefficient (Wildman–Crippen LogP) is 7.14. The second-order valence-corrected chi connectivity index (χ2v) is 20.8. The SMILES string of the molecule is COC1C=COC2(C)Oc3c(C)c(O)c4c(=O)c(c5oc6cc(N7CCN(CC(C)C)CC7)cc(=O)c6nc5c4c3=C2O)NC(=O)C(C)=CC=CC(C)C2OC(C)(C)OC(C2C)C(C)C(OC(C)=O)C1C. The summed E-state index contributed by atoms with van der Waals surface area (Å²) in [6, 6.07) is 3.20. The molecule has 382 valence electrons. The second-order valence-electron chi connectivity index (χ2n) is 20.8. The number of hydrogen-bond donors (Lipinski definition) is 3. The minimum atomic E-state index is -1.95. The summed E-state index contributed by atoms with van der Waals surface area (Å²) in [4.78, 5) is 65.4. The van der Waals surface area contributed by atoms with E-state index in [4.69, 9.17) is 37.8 Å². The fourth-order valence-corrected chi connectivity index (χ4v) is 10.8. The maximum absolute atomic E-state index is 15.0. The van der Waals surface area contributed by atoms with Gasteiger partial charge < -0.3 is 53.3 Å². The van der Waals surface area contributed by atoms with E-state index in [9.17, 15) is 24.6 Å². The molecule has 17 heteroatoms. The van der Waals surface area contributed by atoms with E-state index in [1.54, 1.807) is 31.2 Å². The van der Waals surface area contributed by atoms with Crippen LogP contribution in [-0.4, -0.2) is 108 Å². The summed E-state index contributed by atoms with van der Waals surface area (Å²) < 4.78 is 44.4. The van der Waals surface area contributed by atoms with Crippen molar-refractivity contribution in [1.29, 1.82) is 0 Å². The lowest BCUT2D eigenvalue weighted by Crippen LogP contribution is -2.56. The summed E-state index contributed by atoms with van der Waals surface area (Å²) in [5.74, 6) is -5.85. The lowest BCUT2D eigenvalue weighted by Gasteiger charge is -2.50. The number of amides is 1. The molecule has 71 heavy (non-hydrogen) atoms. The Morgan fingerprint density at radius 3 is 2.28 bits per heavy atom. The van der Waals surface area contributed by atoms with Gasteiger partial charge in [-0.15, -0.1) is 0 Å². The van der Waals surface area contributed by atoms with Crippen LogP contribution < -0.4 is 31.0 Å². The molecule has 9 atom stereocenters. The molecular formula is C54H68N4O13. The zero-order valence-electron chi connectivity index (χ0n) is 43.0. The van der Waals surface area contributed by atoms with E-state index in [2.05, 4.69) is 29.0 Å². The highest BCUT2D eigenvalue weighted by Crippen LogP contribution is 2.44. The van der Waals surface area contributed by atoms with Gasteiger partial charge >= 0.3 is 11.8 Å². The average molecular weight is 981 g/mol. The fourth-order valence-electron chi connectivity index (χ4n) is 10.8. The molecule has 17 nitrogen and oxygen atoms in total. The molecule has 9 unspecified atom stereocenters. The van der Waals surface area contributed by atoms with E-state index in [-0.39, 0.29) is 84.6 Å². The van der Waals surface area contributed by atoms with Gasteiger partial charge in [-0.1, -0.05) is 59.8 Å². The monoisotopic (exact) mass is 980 g/mol. The van der Waals surface area contributed by atoms with Gasteiger partial charge in [0, 0.05) is 112 Å². The van der Waals surface area contributed by atoms with Crippen molar-refractivity contribution < 1.29 is 52.6 Å². The molecule has 2 fully saturated rings. The Morgan fingerprint density at radius 2 is 1.62 bits per heavy atom. The molecule has 5 aliphatic heterocycles. The van der Waals surface area contributed by atoms with Crippen LogP contribution in [0.1, 0.15) is 81.7 Å². The van der Waals surface area contributed by atoms with Crippen LogP contribution in [0.2, 0.25) is 0 Å². The lowest BCUT2D eigenvalue weighted by atomic mass is 9.77. The fraction of sp³-hybridized carbons (Fsp3) is 0.537. The Balaban J connectivity index is 1.33. The van der Waals surface area contributed by atoms with Crippen LogP contribution in [0, 0.1) is 36.5 Å². The molecule has 0 spiro atoms. The number of methoxy groups -OCH3 is 1. The van der Waals surface area contributed by atoms with E-state index in [0.29, 0.717) is 24.7 Å². The first-order valence-electron chi connectivity index (χ1n) is 24.6. The highest BCUT2D eigenvalue weighted by Gasteiger charge is 2.49. The van der Waals surface area contributed by atoms with E-state index in [1.807, 2.05) is 47.6 Å². The summed E-state index contributed by atoms with van der Waals surface area (Å²) in [5.41, 5.74) is -1.02. The number of aliphatic hydroxyl groups excluding tert-OH is 1. The van der Waals surface area contributed by atoms with Crippen molar-refractivity contribution in [3.63, 3.8) is 0 Å². The van der Waals surface area contributed by atoms with Crippen LogP contribution in [0.25, 0.3) is 38.7 Å². The Bertz CT molecular complexity index is 3040. The minimum Gasteiger partial charge on any atom is -0.507 e. The topological polar surface area (TPSA) is 209 Å². The Labute approximate surface area is 413 Å². The second kappa shape index (κ2) is 19.5. The molecule has 0 radical (unpaired) electrons. The third-order valence-corrected chi connectivity index (χ3v) is 14.5. The van der Waals surface area contributed by atoms with Crippen molar-refractivity contribution in [2.45, 2.75) is 119 Å². The standard InChI is InChI=1S/C54H68N4O13/c1-26(2)25-57-18-20-58(21-19-57)34-23-35(60)41-37(24-34)68-50-42(55-41)38-39-44(61)30(6)49-40(38)51(63)54(12,71-49)66-22-17-36(65-13)29(5)47(67-33(9)59)32(8)48-31(7)46(69-53(10,11)70-48)27(3)15-14-16-28(4)52(64)56-43(50)45(39)62/h14-17,22-24,26-27,29,31-32,36,46-48,61,63H,18-21,25H2,1-13H3,(H,56,64). The summed E-state index contributed by atoms with van der Waals surface area (Å²) >= 11 is 0. The highest BCUT2D eigenvalue weighted by molar-refractivity contribution is 6.16. The smallest absolute Gasteiger partial charge is 0.307 e. The molecule has 9 rings (SSSR count). The molecule has 3 N–H and O–H groups in total. The number of phenols is 1. The summed E-state index contributed by atoms with van der Waals surface area (Å²) in [5, 5.41) is 26.6. The molecule has 1 aromatic heterocycles. The first kappa shape index (κ1) is 51.3. The molecule has 2 saturated heterocycles. The van der Waals surface area contributed by atoms with Gasteiger partial charge in [0.05, 0.1) is 35.2 Å².